The fourth-order valence-corrected chi connectivity index (χ4v) is 4.29. The lowest BCUT2D eigenvalue weighted by molar-refractivity contribution is -0.131. The largest absolute Gasteiger partial charge is 0.354 e. The minimum Gasteiger partial charge on any atom is -0.354 e. The maximum atomic E-state index is 13.3. The quantitative estimate of drug-likeness (QED) is 0.822. The number of likely N-dealkylation sites (tertiary alicyclic amines) is 1. The molecule has 0 aliphatic carbocycles. The number of hydrogen-bond acceptors (Lipinski definition) is 3. The highest BCUT2D eigenvalue weighted by molar-refractivity contribution is 6.30. The van der Waals surface area contributed by atoms with Crippen LogP contribution in [0.3, 0.4) is 0 Å². The van der Waals surface area contributed by atoms with Gasteiger partial charge in [0.25, 0.3) is 0 Å². The van der Waals surface area contributed by atoms with Gasteiger partial charge in [0.1, 0.15) is 11.6 Å². The van der Waals surface area contributed by atoms with E-state index in [-0.39, 0.29) is 17.0 Å². The highest BCUT2D eigenvalue weighted by atomic mass is 35.5. The van der Waals surface area contributed by atoms with Crippen molar-refractivity contribution in [3.63, 3.8) is 0 Å². The van der Waals surface area contributed by atoms with E-state index in [2.05, 4.69) is 9.88 Å². The molecular weight excluding hydrogens is 353 g/mol. The number of hydrogen-bond donors (Lipinski definition) is 0. The van der Waals surface area contributed by atoms with E-state index in [1.807, 2.05) is 23.1 Å². The maximum Gasteiger partial charge on any atom is 0.223 e. The molecular formula is C20H21ClFN3O. The predicted octanol–water partition coefficient (Wildman–Crippen LogP) is 3.54. The molecule has 0 radical (unpaired) electrons. The molecule has 6 heteroatoms. The van der Waals surface area contributed by atoms with Gasteiger partial charge in [-0.05, 0) is 42.7 Å². The second-order valence-corrected chi connectivity index (χ2v) is 7.45. The average molecular weight is 374 g/mol. The van der Waals surface area contributed by atoms with Gasteiger partial charge in [-0.25, -0.2) is 9.37 Å². The summed E-state index contributed by atoms with van der Waals surface area (Å²) < 4.78 is 13.3. The number of halogens is 2. The third kappa shape index (κ3) is 3.40. The first kappa shape index (κ1) is 17.3. The maximum absolute atomic E-state index is 13.3. The van der Waals surface area contributed by atoms with Gasteiger partial charge in [0.15, 0.2) is 0 Å². The van der Waals surface area contributed by atoms with E-state index in [1.54, 1.807) is 18.3 Å². The van der Waals surface area contributed by atoms with Crippen molar-refractivity contribution in [1.29, 1.82) is 0 Å². The van der Waals surface area contributed by atoms with Crippen LogP contribution in [-0.2, 0) is 11.2 Å². The zero-order valence-corrected chi connectivity index (χ0v) is 15.2. The lowest BCUT2D eigenvalue weighted by Crippen LogP contribution is -2.39. The molecule has 1 aromatic carbocycles. The number of rotatable bonds is 4. The number of aromatic nitrogens is 1. The fraction of sp³-hybridized carbons (Fsp3) is 0.400. The molecule has 2 atom stereocenters. The number of aryl methyl sites for hydroxylation is 1. The Morgan fingerprint density at radius 1 is 1.27 bits per heavy atom. The fourth-order valence-electron chi connectivity index (χ4n) is 4.09. The molecule has 0 saturated carbocycles. The van der Waals surface area contributed by atoms with Crippen molar-refractivity contribution < 1.29 is 9.18 Å². The number of carbonyl (C=O) groups excluding carboxylic acids is 1. The summed E-state index contributed by atoms with van der Waals surface area (Å²) in [5.74, 6) is 1.24. The number of amides is 1. The summed E-state index contributed by atoms with van der Waals surface area (Å²) in [7, 11) is 0. The van der Waals surface area contributed by atoms with E-state index in [0.717, 1.165) is 37.4 Å². The smallest absolute Gasteiger partial charge is 0.223 e. The van der Waals surface area contributed by atoms with Crippen molar-refractivity contribution >= 4 is 23.3 Å². The minimum atomic E-state index is -0.426. The molecule has 0 spiro atoms. The van der Waals surface area contributed by atoms with Crippen LogP contribution in [-0.4, -0.2) is 41.5 Å². The summed E-state index contributed by atoms with van der Waals surface area (Å²) in [6, 6.07) is 10.8. The van der Waals surface area contributed by atoms with Gasteiger partial charge in [0.05, 0.1) is 11.1 Å². The third-order valence-electron chi connectivity index (χ3n) is 5.45. The topological polar surface area (TPSA) is 36.4 Å². The van der Waals surface area contributed by atoms with Crippen LogP contribution < -0.4 is 4.90 Å². The van der Waals surface area contributed by atoms with Crippen LogP contribution >= 0.6 is 11.6 Å². The Morgan fingerprint density at radius 2 is 2.15 bits per heavy atom. The average Bonchev–Trinajstić information content (AvgIpc) is 3.24. The van der Waals surface area contributed by atoms with Crippen molar-refractivity contribution in [1.82, 2.24) is 9.88 Å². The molecule has 136 valence electrons. The number of nitrogens with zero attached hydrogens (tertiary/aromatic N) is 3. The van der Waals surface area contributed by atoms with Crippen molar-refractivity contribution in [2.75, 3.05) is 24.5 Å². The summed E-state index contributed by atoms with van der Waals surface area (Å²) >= 11 is 5.82. The Balaban J connectivity index is 1.37. The Bertz CT molecular complexity index is 801. The van der Waals surface area contributed by atoms with Gasteiger partial charge in [0, 0.05) is 38.2 Å². The van der Waals surface area contributed by atoms with Crippen LogP contribution in [0.25, 0.3) is 0 Å². The molecule has 2 fully saturated rings. The number of fused-ring (bicyclic) bond motifs is 1. The van der Waals surface area contributed by atoms with Crippen LogP contribution in [0.4, 0.5) is 10.2 Å². The van der Waals surface area contributed by atoms with Crippen molar-refractivity contribution in [2.45, 2.75) is 25.3 Å². The van der Waals surface area contributed by atoms with Crippen molar-refractivity contribution in [3.05, 3.63) is 59.0 Å². The van der Waals surface area contributed by atoms with Crippen LogP contribution in [0, 0.1) is 11.7 Å². The Hall–Kier alpha value is -2.14. The monoisotopic (exact) mass is 373 g/mol. The molecule has 2 aliphatic heterocycles. The van der Waals surface area contributed by atoms with E-state index in [0.29, 0.717) is 18.8 Å². The van der Waals surface area contributed by atoms with Crippen LogP contribution in [0.15, 0.2) is 42.6 Å². The third-order valence-corrected chi connectivity index (χ3v) is 5.74. The molecule has 4 rings (SSSR count). The lowest BCUT2D eigenvalue weighted by atomic mass is 10.0. The predicted molar refractivity (Wildman–Crippen MR) is 99.8 cm³/mol. The Kier molecular flexibility index (Phi) is 4.81. The highest BCUT2D eigenvalue weighted by Gasteiger charge is 2.43. The molecule has 1 aromatic heterocycles. The summed E-state index contributed by atoms with van der Waals surface area (Å²) in [5, 5.41) is 0.109. The number of benzene rings is 1. The molecule has 1 amide bonds. The van der Waals surface area contributed by atoms with Crippen molar-refractivity contribution in [2.24, 2.45) is 5.92 Å². The Morgan fingerprint density at radius 3 is 2.92 bits per heavy atom. The number of pyridine rings is 1. The summed E-state index contributed by atoms with van der Waals surface area (Å²) in [4.78, 5) is 21.5. The van der Waals surface area contributed by atoms with Gasteiger partial charge in [-0.1, -0.05) is 23.7 Å². The molecule has 2 unspecified atom stereocenters. The lowest BCUT2D eigenvalue weighted by Gasteiger charge is -2.25. The SMILES string of the molecule is O=C(CCc1ccc(F)c(Cl)c1)N1CCC2CN(c3ccccn3)CC21. The molecule has 26 heavy (non-hydrogen) atoms. The van der Waals surface area contributed by atoms with Crippen LogP contribution in [0.2, 0.25) is 5.02 Å². The van der Waals surface area contributed by atoms with E-state index < -0.39 is 5.82 Å². The first-order valence-corrected chi connectivity index (χ1v) is 9.39. The zero-order chi connectivity index (χ0) is 18.1. The molecule has 4 nitrogen and oxygen atoms in total. The Labute approximate surface area is 157 Å². The normalized spacial score (nSPS) is 21.9. The highest BCUT2D eigenvalue weighted by Crippen LogP contribution is 2.34. The van der Waals surface area contributed by atoms with E-state index in [4.69, 9.17) is 11.6 Å². The van der Waals surface area contributed by atoms with Crippen LogP contribution in [0.5, 0.6) is 0 Å². The first-order valence-electron chi connectivity index (χ1n) is 9.01. The van der Waals surface area contributed by atoms with Gasteiger partial charge < -0.3 is 9.80 Å². The van der Waals surface area contributed by atoms with E-state index >= 15 is 0 Å². The molecule has 3 heterocycles. The van der Waals surface area contributed by atoms with Crippen molar-refractivity contribution in [3.8, 4) is 0 Å². The van der Waals surface area contributed by atoms with Gasteiger partial charge in [-0.15, -0.1) is 0 Å². The number of carbonyl (C=O) groups is 1. The molecule has 0 N–H and O–H groups in total. The van der Waals surface area contributed by atoms with Gasteiger partial charge >= 0.3 is 0 Å². The molecule has 2 saturated heterocycles. The second kappa shape index (κ2) is 7.23. The summed E-state index contributed by atoms with van der Waals surface area (Å²) in [6.45, 7) is 2.63. The van der Waals surface area contributed by atoms with Gasteiger partial charge in [0.2, 0.25) is 5.91 Å². The van der Waals surface area contributed by atoms with E-state index in [1.165, 1.54) is 6.07 Å². The zero-order valence-electron chi connectivity index (χ0n) is 14.4. The second-order valence-electron chi connectivity index (χ2n) is 7.04. The summed E-state index contributed by atoms with van der Waals surface area (Å²) in [6.07, 6.45) is 3.85. The number of anilines is 1. The van der Waals surface area contributed by atoms with Gasteiger partial charge in [-0.3, -0.25) is 4.79 Å². The van der Waals surface area contributed by atoms with E-state index in [9.17, 15) is 9.18 Å². The molecule has 2 aliphatic rings. The van der Waals surface area contributed by atoms with Gasteiger partial charge in [-0.2, -0.15) is 0 Å². The summed E-state index contributed by atoms with van der Waals surface area (Å²) in [5.41, 5.74) is 0.891. The minimum absolute atomic E-state index is 0.109. The van der Waals surface area contributed by atoms with Crippen LogP contribution in [0.1, 0.15) is 18.4 Å². The standard InChI is InChI=1S/C20H21ClFN3O/c21-16-11-14(4-6-17(16)22)5-7-20(26)25-10-8-15-12-24(13-18(15)25)19-3-1-2-9-23-19/h1-4,6,9,11,15,18H,5,7-8,10,12-13H2. The molecule has 0 bridgehead atoms. The first-order chi connectivity index (χ1) is 12.6. The molecule has 2 aromatic rings.